The Kier molecular flexibility index (Phi) is 3.67. The minimum atomic E-state index is 0.664. The molecule has 4 nitrogen and oxygen atoms in total. The van der Waals surface area contributed by atoms with Gasteiger partial charge in [-0.05, 0) is 12.5 Å². The van der Waals surface area contributed by atoms with Crippen LogP contribution in [0.5, 0.6) is 0 Å². The summed E-state index contributed by atoms with van der Waals surface area (Å²) in [4.78, 5) is 0. The summed E-state index contributed by atoms with van der Waals surface area (Å²) in [7, 11) is 1.72. The Balaban J connectivity index is 3.02. The van der Waals surface area contributed by atoms with Crippen molar-refractivity contribution in [2.24, 2.45) is 16.0 Å². The first-order valence-corrected chi connectivity index (χ1v) is 4.33. The summed E-state index contributed by atoms with van der Waals surface area (Å²) < 4.78 is 0. The molecule has 0 aliphatic carbocycles. The summed E-state index contributed by atoms with van der Waals surface area (Å²) in [5.41, 5.74) is 5.44. The lowest BCUT2D eigenvalue weighted by Crippen LogP contribution is -2.10. The van der Waals surface area contributed by atoms with Crippen LogP contribution in [0.15, 0.2) is 34.5 Å². The summed E-state index contributed by atoms with van der Waals surface area (Å²) in [6, 6.07) is 7.89. The molecule has 0 saturated heterocycles. The zero-order chi connectivity index (χ0) is 10.4. The molecule has 0 heterocycles. The van der Waals surface area contributed by atoms with Gasteiger partial charge in [-0.1, -0.05) is 24.3 Å². The first kappa shape index (κ1) is 10.2. The molecular formula is C10H14N4. The number of benzene rings is 1. The Morgan fingerprint density at radius 1 is 1.43 bits per heavy atom. The predicted octanol–water partition coefficient (Wildman–Crippen LogP) is 0.863. The van der Waals surface area contributed by atoms with Crippen LogP contribution in [-0.2, 0) is 0 Å². The fourth-order valence-corrected chi connectivity index (χ4v) is 1.16. The fourth-order valence-electron chi connectivity index (χ4n) is 1.16. The van der Waals surface area contributed by atoms with Crippen molar-refractivity contribution >= 4 is 11.9 Å². The van der Waals surface area contributed by atoms with Gasteiger partial charge in [-0.15, -0.1) is 0 Å². The van der Waals surface area contributed by atoms with E-state index >= 15 is 0 Å². The van der Waals surface area contributed by atoms with Gasteiger partial charge in [0.1, 0.15) is 5.71 Å². The zero-order valence-electron chi connectivity index (χ0n) is 8.36. The second-order valence-electron chi connectivity index (χ2n) is 2.81. The molecule has 0 fully saturated rings. The van der Waals surface area contributed by atoms with Gasteiger partial charge in [-0.25, -0.2) is 0 Å². The first-order valence-electron chi connectivity index (χ1n) is 4.33. The average Bonchev–Trinajstić information content (AvgIpc) is 2.21. The maximum absolute atomic E-state index is 5.28. The van der Waals surface area contributed by atoms with E-state index in [4.69, 9.17) is 5.84 Å². The van der Waals surface area contributed by atoms with Crippen LogP contribution in [0.25, 0.3) is 0 Å². The first-order chi connectivity index (χ1) is 6.79. The van der Waals surface area contributed by atoms with E-state index in [1.807, 2.05) is 31.2 Å². The summed E-state index contributed by atoms with van der Waals surface area (Å²) >= 11 is 0. The fraction of sp³-hybridized carbons (Fsp3) is 0.200. The maximum atomic E-state index is 5.28. The third-order valence-electron chi connectivity index (χ3n) is 1.88. The van der Waals surface area contributed by atoms with Gasteiger partial charge >= 0.3 is 0 Å². The molecule has 0 aliphatic heterocycles. The Labute approximate surface area is 83.5 Å². The van der Waals surface area contributed by atoms with E-state index in [0.717, 1.165) is 11.1 Å². The predicted molar refractivity (Wildman–Crippen MR) is 59.5 cm³/mol. The molecule has 0 spiro atoms. The minimum Gasteiger partial charge on any atom is -0.323 e. The quantitative estimate of drug-likeness (QED) is 0.422. The highest BCUT2D eigenvalue weighted by Crippen LogP contribution is 2.07. The van der Waals surface area contributed by atoms with E-state index in [2.05, 4.69) is 15.6 Å². The van der Waals surface area contributed by atoms with Crippen molar-refractivity contribution in [1.82, 2.24) is 5.43 Å². The van der Waals surface area contributed by atoms with Crippen LogP contribution in [0.2, 0.25) is 0 Å². The molecule has 74 valence electrons. The second kappa shape index (κ2) is 5.01. The van der Waals surface area contributed by atoms with Gasteiger partial charge in [0.15, 0.2) is 0 Å². The Hall–Kier alpha value is -1.84. The number of hydrogen-bond acceptors (Lipinski definition) is 4. The molecule has 0 atom stereocenters. The minimum absolute atomic E-state index is 0.664. The molecular weight excluding hydrogens is 176 g/mol. The largest absolute Gasteiger partial charge is 0.323 e. The van der Waals surface area contributed by atoms with Crippen molar-refractivity contribution in [2.45, 2.75) is 6.92 Å². The molecule has 0 bridgehead atoms. The van der Waals surface area contributed by atoms with Gasteiger partial charge < -0.3 is 11.3 Å². The number of nitrogens with two attached hydrogens (primary N) is 1. The van der Waals surface area contributed by atoms with Gasteiger partial charge in [-0.2, -0.15) is 10.2 Å². The second-order valence-corrected chi connectivity index (χ2v) is 2.81. The molecule has 14 heavy (non-hydrogen) atoms. The third-order valence-corrected chi connectivity index (χ3v) is 1.88. The topological polar surface area (TPSA) is 62.8 Å². The van der Waals surface area contributed by atoms with Gasteiger partial charge in [0.05, 0.1) is 6.21 Å². The Bertz CT molecular complexity index is 355. The van der Waals surface area contributed by atoms with Gasteiger partial charge in [-0.3, -0.25) is 0 Å². The molecule has 0 saturated carbocycles. The molecule has 1 aromatic rings. The number of hydrazone groups is 2. The lowest BCUT2D eigenvalue weighted by atomic mass is 10.1. The highest BCUT2D eigenvalue weighted by atomic mass is 15.3. The number of rotatable bonds is 3. The van der Waals surface area contributed by atoms with Crippen molar-refractivity contribution in [2.75, 3.05) is 7.05 Å². The summed E-state index contributed by atoms with van der Waals surface area (Å²) in [6.07, 6.45) is 1.60. The van der Waals surface area contributed by atoms with Crippen LogP contribution < -0.4 is 11.3 Å². The van der Waals surface area contributed by atoms with Crippen molar-refractivity contribution in [3.8, 4) is 0 Å². The molecule has 1 rings (SSSR count). The zero-order valence-corrected chi connectivity index (χ0v) is 8.36. The highest BCUT2D eigenvalue weighted by molar-refractivity contribution is 6.38. The van der Waals surface area contributed by atoms with Crippen molar-refractivity contribution in [3.63, 3.8) is 0 Å². The van der Waals surface area contributed by atoms with Crippen molar-refractivity contribution < 1.29 is 0 Å². The Morgan fingerprint density at radius 2 is 2.14 bits per heavy atom. The van der Waals surface area contributed by atoms with Crippen LogP contribution in [0.3, 0.4) is 0 Å². The van der Waals surface area contributed by atoms with Crippen LogP contribution in [-0.4, -0.2) is 19.0 Å². The average molecular weight is 190 g/mol. The highest BCUT2D eigenvalue weighted by Gasteiger charge is 2.02. The number of nitrogens with zero attached hydrogens (tertiary/aromatic N) is 2. The van der Waals surface area contributed by atoms with Crippen LogP contribution in [0.1, 0.15) is 11.1 Å². The van der Waals surface area contributed by atoms with E-state index in [0.29, 0.717) is 5.71 Å². The summed E-state index contributed by atoms with van der Waals surface area (Å²) in [5, 5.41) is 7.56. The van der Waals surface area contributed by atoms with E-state index in [1.54, 1.807) is 13.3 Å². The number of aryl methyl sites for hydroxylation is 1. The van der Waals surface area contributed by atoms with Gasteiger partial charge in [0.2, 0.25) is 0 Å². The Morgan fingerprint density at radius 3 is 2.71 bits per heavy atom. The van der Waals surface area contributed by atoms with Crippen molar-refractivity contribution in [3.05, 3.63) is 35.4 Å². The lowest BCUT2D eigenvalue weighted by Gasteiger charge is -2.03. The third kappa shape index (κ3) is 2.32. The van der Waals surface area contributed by atoms with Crippen LogP contribution in [0, 0.1) is 6.92 Å². The van der Waals surface area contributed by atoms with Gasteiger partial charge in [0, 0.05) is 12.6 Å². The normalized spacial score (nSPS) is 12.0. The smallest absolute Gasteiger partial charge is 0.110 e. The van der Waals surface area contributed by atoms with E-state index in [1.165, 1.54) is 0 Å². The SMILES string of the molecule is CNN=CC(=NN)c1ccccc1C. The molecule has 0 amide bonds. The van der Waals surface area contributed by atoms with Crippen LogP contribution in [0.4, 0.5) is 0 Å². The molecule has 0 radical (unpaired) electrons. The van der Waals surface area contributed by atoms with Crippen LogP contribution >= 0.6 is 0 Å². The standard InChI is InChI=1S/C10H14N4/c1-8-5-3-4-6-9(8)10(14-11)7-13-12-2/h3-7,12H,11H2,1-2H3. The van der Waals surface area contributed by atoms with Gasteiger partial charge in [0.25, 0.3) is 0 Å². The molecule has 0 unspecified atom stereocenters. The maximum Gasteiger partial charge on any atom is 0.110 e. The number of nitrogens with one attached hydrogen (secondary N) is 1. The summed E-state index contributed by atoms with van der Waals surface area (Å²) in [6.45, 7) is 2.01. The van der Waals surface area contributed by atoms with E-state index in [9.17, 15) is 0 Å². The molecule has 4 heteroatoms. The van der Waals surface area contributed by atoms with E-state index in [-0.39, 0.29) is 0 Å². The molecule has 0 aliphatic rings. The molecule has 0 aromatic heterocycles. The molecule has 3 N–H and O–H groups in total. The van der Waals surface area contributed by atoms with Crippen molar-refractivity contribution in [1.29, 1.82) is 0 Å². The number of hydrogen-bond donors (Lipinski definition) is 2. The monoisotopic (exact) mass is 190 g/mol. The van der Waals surface area contributed by atoms with E-state index < -0.39 is 0 Å². The molecule has 1 aromatic carbocycles. The summed E-state index contributed by atoms with van der Waals surface area (Å²) in [5.74, 6) is 5.28. The lowest BCUT2D eigenvalue weighted by molar-refractivity contribution is 0.910.